The number of amides is 1. The molecule has 2 unspecified atom stereocenters. The van der Waals surface area contributed by atoms with E-state index in [1.54, 1.807) is 0 Å². The van der Waals surface area contributed by atoms with E-state index in [-0.39, 0.29) is 11.9 Å². The maximum absolute atomic E-state index is 12.7. The van der Waals surface area contributed by atoms with Crippen molar-refractivity contribution in [3.05, 3.63) is 35.9 Å². The molecular formula is C14H14N4O. The Balaban J connectivity index is 1.71. The molecule has 2 bridgehead atoms. The Bertz CT molecular complexity index is 675. The highest BCUT2D eigenvalue weighted by Gasteiger charge is 2.37. The quantitative estimate of drug-likeness (QED) is 0.790. The van der Waals surface area contributed by atoms with Crippen molar-refractivity contribution in [3.63, 3.8) is 0 Å². The predicted octanol–water partition coefficient (Wildman–Crippen LogP) is 1.89. The van der Waals surface area contributed by atoms with Gasteiger partial charge in [0.05, 0.1) is 6.04 Å². The number of hydrogen-bond donors (Lipinski definition) is 1. The van der Waals surface area contributed by atoms with Crippen LogP contribution in [0, 0.1) is 0 Å². The zero-order valence-electron chi connectivity index (χ0n) is 10.4. The second-order valence-electron chi connectivity index (χ2n) is 5.20. The number of nitrogens with zero attached hydrogens (tertiary/aromatic N) is 3. The third-order valence-electron chi connectivity index (χ3n) is 4.11. The number of carbonyl (C=O) groups excluding carboxylic acids is 1. The zero-order chi connectivity index (χ0) is 12.8. The molecular weight excluding hydrogens is 240 g/mol. The molecule has 4 rings (SSSR count). The van der Waals surface area contributed by atoms with Crippen molar-refractivity contribution in [2.24, 2.45) is 0 Å². The molecule has 3 heterocycles. The summed E-state index contributed by atoms with van der Waals surface area (Å²) < 4.78 is 0. The molecule has 5 nitrogen and oxygen atoms in total. The summed E-state index contributed by atoms with van der Waals surface area (Å²) in [6.45, 7) is 0. The van der Waals surface area contributed by atoms with Crippen molar-refractivity contribution in [2.75, 3.05) is 0 Å². The molecule has 1 fully saturated rings. The van der Waals surface area contributed by atoms with Crippen molar-refractivity contribution in [3.8, 4) is 0 Å². The highest BCUT2D eigenvalue weighted by molar-refractivity contribution is 5.98. The third kappa shape index (κ3) is 1.58. The number of nitrogens with one attached hydrogen (secondary N) is 1. The largest absolute Gasteiger partial charge is 0.329 e. The van der Waals surface area contributed by atoms with Gasteiger partial charge in [0.1, 0.15) is 11.0 Å². The Morgan fingerprint density at radius 2 is 2.16 bits per heavy atom. The van der Waals surface area contributed by atoms with Gasteiger partial charge in [-0.25, -0.2) is 0 Å². The summed E-state index contributed by atoms with van der Waals surface area (Å²) in [6, 6.07) is 6.15. The Hall–Kier alpha value is -2.17. The summed E-state index contributed by atoms with van der Waals surface area (Å²) >= 11 is 0. The average Bonchev–Trinajstić information content (AvgIpc) is 2.99. The van der Waals surface area contributed by atoms with E-state index in [0.29, 0.717) is 11.6 Å². The molecule has 19 heavy (non-hydrogen) atoms. The van der Waals surface area contributed by atoms with Crippen molar-refractivity contribution in [2.45, 2.75) is 31.3 Å². The van der Waals surface area contributed by atoms with Gasteiger partial charge in [-0.2, -0.15) is 15.4 Å². The van der Waals surface area contributed by atoms with E-state index in [4.69, 9.17) is 0 Å². The van der Waals surface area contributed by atoms with Crippen LogP contribution in [-0.4, -0.2) is 38.3 Å². The molecule has 1 saturated heterocycles. The molecule has 2 aliphatic heterocycles. The van der Waals surface area contributed by atoms with Crippen LogP contribution in [0.4, 0.5) is 0 Å². The molecule has 1 aromatic carbocycles. The van der Waals surface area contributed by atoms with Gasteiger partial charge in [-0.3, -0.25) is 4.79 Å². The van der Waals surface area contributed by atoms with Gasteiger partial charge in [0.2, 0.25) is 0 Å². The summed E-state index contributed by atoms with van der Waals surface area (Å²) in [4.78, 5) is 14.7. The van der Waals surface area contributed by atoms with Crippen molar-refractivity contribution in [1.29, 1.82) is 0 Å². The molecule has 1 amide bonds. The van der Waals surface area contributed by atoms with E-state index in [1.807, 2.05) is 23.1 Å². The number of rotatable bonds is 1. The maximum Gasteiger partial charge on any atom is 0.254 e. The van der Waals surface area contributed by atoms with Crippen molar-refractivity contribution < 1.29 is 4.79 Å². The number of H-pyrrole nitrogens is 1. The lowest BCUT2D eigenvalue weighted by Crippen LogP contribution is -2.42. The minimum absolute atomic E-state index is 0.113. The molecule has 2 atom stereocenters. The molecule has 0 saturated carbocycles. The summed E-state index contributed by atoms with van der Waals surface area (Å²) in [7, 11) is 0. The van der Waals surface area contributed by atoms with Gasteiger partial charge in [-0.15, -0.1) is 0 Å². The van der Waals surface area contributed by atoms with Crippen molar-refractivity contribution >= 4 is 16.9 Å². The Morgan fingerprint density at radius 1 is 1.26 bits per heavy atom. The first-order valence-electron chi connectivity index (χ1n) is 6.63. The standard InChI is InChI=1S/C14H14N4O/c19-14(18-10-2-1-3-11(18)6-5-10)9-4-7-12-13(8-9)16-17-15-12/h1-2,4,7-8,10-11H,3,5-6H2,(H,15,16,17). The minimum Gasteiger partial charge on any atom is -0.329 e. The van der Waals surface area contributed by atoms with Crippen LogP contribution in [0.25, 0.3) is 11.0 Å². The summed E-state index contributed by atoms with van der Waals surface area (Å²) in [5.74, 6) is 0.113. The molecule has 0 spiro atoms. The van der Waals surface area contributed by atoms with Crippen LogP contribution in [0.2, 0.25) is 0 Å². The molecule has 1 N–H and O–H groups in total. The number of benzene rings is 1. The molecule has 96 valence electrons. The topological polar surface area (TPSA) is 61.9 Å². The zero-order valence-corrected chi connectivity index (χ0v) is 10.4. The second-order valence-corrected chi connectivity index (χ2v) is 5.20. The number of aromatic nitrogens is 3. The summed E-state index contributed by atoms with van der Waals surface area (Å²) in [5, 5.41) is 10.6. The third-order valence-corrected chi connectivity index (χ3v) is 4.11. The van der Waals surface area contributed by atoms with E-state index in [2.05, 4.69) is 27.6 Å². The lowest BCUT2D eigenvalue weighted by atomic mass is 10.1. The van der Waals surface area contributed by atoms with E-state index < -0.39 is 0 Å². The van der Waals surface area contributed by atoms with Gasteiger partial charge in [-0.1, -0.05) is 12.2 Å². The van der Waals surface area contributed by atoms with Gasteiger partial charge >= 0.3 is 0 Å². The number of aromatic amines is 1. The molecule has 0 aliphatic carbocycles. The van der Waals surface area contributed by atoms with E-state index in [9.17, 15) is 4.79 Å². The Kier molecular flexibility index (Phi) is 2.21. The highest BCUT2D eigenvalue weighted by Crippen LogP contribution is 2.32. The monoisotopic (exact) mass is 254 g/mol. The molecule has 2 aliphatic rings. The molecule has 1 aromatic heterocycles. The predicted molar refractivity (Wildman–Crippen MR) is 70.6 cm³/mol. The van der Waals surface area contributed by atoms with Gasteiger partial charge < -0.3 is 4.90 Å². The number of fused-ring (bicyclic) bond motifs is 3. The van der Waals surface area contributed by atoms with E-state index in [0.717, 1.165) is 30.3 Å². The first-order chi connectivity index (χ1) is 9.33. The number of hydrogen-bond acceptors (Lipinski definition) is 3. The van der Waals surface area contributed by atoms with Gasteiger partial charge in [0.25, 0.3) is 5.91 Å². The fourth-order valence-electron chi connectivity index (χ4n) is 3.16. The van der Waals surface area contributed by atoms with Crippen LogP contribution in [-0.2, 0) is 0 Å². The molecule has 5 heteroatoms. The lowest BCUT2D eigenvalue weighted by Gasteiger charge is -2.31. The van der Waals surface area contributed by atoms with Crippen LogP contribution in [0.3, 0.4) is 0 Å². The van der Waals surface area contributed by atoms with E-state index >= 15 is 0 Å². The summed E-state index contributed by atoms with van der Waals surface area (Å²) in [6.07, 6.45) is 7.53. The van der Waals surface area contributed by atoms with E-state index in [1.165, 1.54) is 0 Å². The van der Waals surface area contributed by atoms with Crippen molar-refractivity contribution in [1.82, 2.24) is 20.3 Å². The minimum atomic E-state index is 0.113. The van der Waals surface area contributed by atoms with Gasteiger partial charge in [-0.05, 0) is 37.5 Å². The highest BCUT2D eigenvalue weighted by atomic mass is 16.2. The van der Waals surface area contributed by atoms with Crippen LogP contribution in [0.5, 0.6) is 0 Å². The first kappa shape index (κ1) is 10.7. The fraction of sp³-hybridized carbons (Fsp3) is 0.357. The lowest BCUT2D eigenvalue weighted by molar-refractivity contribution is 0.0689. The fourth-order valence-corrected chi connectivity index (χ4v) is 3.16. The smallest absolute Gasteiger partial charge is 0.254 e. The SMILES string of the molecule is O=C(c1ccc2n[nH]nc2c1)N1C2C=CCC1CC2. The molecule has 2 aromatic rings. The molecule has 0 radical (unpaired) electrons. The maximum atomic E-state index is 12.7. The van der Waals surface area contributed by atoms with Gasteiger partial charge in [0.15, 0.2) is 0 Å². The van der Waals surface area contributed by atoms with Crippen LogP contribution in [0.15, 0.2) is 30.4 Å². The Morgan fingerprint density at radius 3 is 3.05 bits per heavy atom. The summed E-state index contributed by atoms with van der Waals surface area (Å²) in [5.41, 5.74) is 2.23. The Labute approximate surface area is 110 Å². The van der Waals surface area contributed by atoms with Gasteiger partial charge in [0, 0.05) is 11.6 Å². The first-order valence-corrected chi connectivity index (χ1v) is 6.63. The normalized spacial score (nSPS) is 25.2. The van der Waals surface area contributed by atoms with Crippen LogP contribution >= 0.6 is 0 Å². The second kappa shape index (κ2) is 3.91. The number of carbonyl (C=O) groups is 1. The van der Waals surface area contributed by atoms with Crippen LogP contribution < -0.4 is 0 Å². The van der Waals surface area contributed by atoms with Crippen LogP contribution in [0.1, 0.15) is 29.6 Å². The average molecular weight is 254 g/mol.